The maximum Gasteiger partial charge on any atom is 0.0608 e. The van der Waals surface area contributed by atoms with Gasteiger partial charge in [-0.1, -0.05) is 54.5 Å². The van der Waals surface area contributed by atoms with Crippen molar-refractivity contribution >= 4 is 11.9 Å². The second kappa shape index (κ2) is 9.69. The van der Waals surface area contributed by atoms with Crippen molar-refractivity contribution in [3.63, 3.8) is 0 Å². The van der Waals surface area contributed by atoms with Crippen LogP contribution in [-0.2, 0) is 0 Å². The second-order valence-electron chi connectivity index (χ2n) is 6.86. The Labute approximate surface area is 163 Å². The van der Waals surface area contributed by atoms with E-state index in [1.54, 1.807) is 0 Å². The molecule has 0 amide bonds. The van der Waals surface area contributed by atoms with Gasteiger partial charge in [0.1, 0.15) is 0 Å². The largest absolute Gasteiger partial charge is 0.304 e. The van der Waals surface area contributed by atoms with E-state index in [1.807, 2.05) is 69.5 Å². The number of allylic oxidation sites excluding steroid dienone is 6. The van der Waals surface area contributed by atoms with Gasteiger partial charge in [0.2, 0.25) is 0 Å². The van der Waals surface area contributed by atoms with Gasteiger partial charge >= 0.3 is 0 Å². The highest BCUT2D eigenvalue weighted by atomic mass is 14.7. The average molecular weight is 357 g/mol. The molecule has 2 rings (SSSR count). The van der Waals surface area contributed by atoms with Crippen LogP contribution in [0.3, 0.4) is 0 Å². The Morgan fingerprint density at radius 3 is 2.81 bits per heavy atom. The van der Waals surface area contributed by atoms with Crippen molar-refractivity contribution in [3.8, 4) is 12.3 Å². The van der Waals surface area contributed by atoms with Crippen LogP contribution >= 0.6 is 0 Å². The highest BCUT2D eigenvalue weighted by Gasteiger charge is 2.39. The summed E-state index contributed by atoms with van der Waals surface area (Å²) in [7, 11) is 0. The highest BCUT2D eigenvalue weighted by Crippen LogP contribution is 2.45. The summed E-state index contributed by atoms with van der Waals surface area (Å²) in [5.74, 6) is 2.94. The third kappa shape index (κ3) is 5.05. The van der Waals surface area contributed by atoms with Gasteiger partial charge in [0, 0.05) is 29.3 Å². The first-order chi connectivity index (χ1) is 13.0. The van der Waals surface area contributed by atoms with Crippen molar-refractivity contribution in [3.05, 3.63) is 83.0 Å². The number of terminal acetylenes is 1. The Balaban J connectivity index is 2.26. The number of nitrogens with zero attached hydrogens (tertiary/aromatic N) is 1. The van der Waals surface area contributed by atoms with Crippen molar-refractivity contribution in [2.75, 3.05) is 6.54 Å². The van der Waals surface area contributed by atoms with Crippen molar-refractivity contribution in [2.24, 2.45) is 16.8 Å². The summed E-state index contributed by atoms with van der Waals surface area (Å²) in [6, 6.07) is 7.69. The Kier molecular flexibility index (Phi) is 7.32. The quantitative estimate of drug-likeness (QED) is 0.279. The molecule has 1 aromatic carbocycles. The lowest BCUT2D eigenvalue weighted by molar-refractivity contribution is 0.411. The standard InChI is InChI=1S/C25H28N2/c1-6-9-12-22(17-27-16-18(4)7-2)24-19(5)14-23(24)25(26)21-13-10-11-20(8-3)15-21/h3,6-7,9-13,15-16,23-24,26H,5,14,17H2,1-2,4H3/b9-6-,18-7-,22-12-,26-25?,27-16?. The van der Waals surface area contributed by atoms with Gasteiger partial charge in [0.25, 0.3) is 0 Å². The maximum absolute atomic E-state index is 8.72. The maximum atomic E-state index is 8.72. The lowest BCUT2D eigenvalue weighted by Gasteiger charge is -2.41. The molecule has 1 saturated carbocycles. The summed E-state index contributed by atoms with van der Waals surface area (Å²) in [5, 5.41) is 8.72. The summed E-state index contributed by atoms with van der Waals surface area (Å²) in [6.07, 6.45) is 16.5. The lowest BCUT2D eigenvalue weighted by atomic mass is 9.63. The number of benzene rings is 1. The predicted molar refractivity (Wildman–Crippen MR) is 118 cm³/mol. The number of hydrogen-bond acceptors (Lipinski definition) is 2. The molecule has 1 aliphatic carbocycles. The van der Waals surface area contributed by atoms with Crippen molar-refractivity contribution in [2.45, 2.75) is 27.2 Å². The van der Waals surface area contributed by atoms with Crippen molar-refractivity contribution < 1.29 is 0 Å². The number of rotatable bonds is 7. The molecule has 2 unspecified atom stereocenters. The first-order valence-electron chi connectivity index (χ1n) is 9.29. The fraction of sp³-hybridized carbons (Fsp3) is 0.280. The summed E-state index contributed by atoms with van der Waals surface area (Å²) >= 11 is 0. The van der Waals surface area contributed by atoms with Crippen molar-refractivity contribution in [1.29, 1.82) is 5.41 Å². The molecule has 2 atom stereocenters. The molecule has 0 spiro atoms. The summed E-state index contributed by atoms with van der Waals surface area (Å²) in [6.45, 7) is 10.9. The van der Waals surface area contributed by atoms with E-state index in [-0.39, 0.29) is 11.8 Å². The zero-order chi connectivity index (χ0) is 19.8. The molecule has 1 N–H and O–H groups in total. The molecule has 0 aliphatic heterocycles. The van der Waals surface area contributed by atoms with Crippen LogP contribution in [0.1, 0.15) is 38.3 Å². The van der Waals surface area contributed by atoms with E-state index in [4.69, 9.17) is 11.8 Å². The molecular weight excluding hydrogens is 328 g/mol. The van der Waals surface area contributed by atoms with Crippen LogP contribution in [-0.4, -0.2) is 18.5 Å². The lowest BCUT2D eigenvalue weighted by Crippen LogP contribution is -2.37. The van der Waals surface area contributed by atoms with Gasteiger partial charge in [0.05, 0.1) is 6.54 Å². The zero-order valence-electron chi connectivity index (χ0n) is 16.5. The first-order valence-corrected chi connectivity index (χ1v) is 9.29. The molecule has 2 nitrogen and oxygen atoms in total. The molecule has 0 aromatic heterocycles. The molecular formula is C25H28N2. The smallest absolute Gasteiger partial charge is 0.0608 e. The van der Waals surface area contributed by atoms with Crippen LogP contribution in [0, 0.1) is 29.6 Å². The van der Waals surface area contributed by atoms with Crippen LogP contribution in [0.5, 0.6) is 0 Å². The third-order valence-electron chi connectivity index (χ3n) is 4.96. The van der Waals surface area contributed by atoms with Crippen molar-refractivity contribution in [1.82, 2.24) is 0 Å². The average Bonchev–Trinajstić information content (AvgIpc) is 2.69. The van der Waals surface area contributed by atoms with E-state index in [0.29, 0.717) is 12.3 Å². The highest BCUT2D eigenvalue weighted by molar-refractivity contribution is 6.02. The van der Waals surface area contributed by atoms with Gasteiger partial charge in [-0.25, -0.2) is 0 Å². The molecule has 1 aromatic rings. The number of nitrogens with one attached hydrogen (secondary N) is 1. The van der Waals surface area contributed by atoms with Gasteiger partial charge in [-0.2, -0.15) is 0 Å². The van der Waals surface area contributed by atoms with E-state index < -0.39 is 0 Å². The molecule has 0 saturated heterocycles. The Hall–Kier alpha value is -2.92. The molecule has 0 bridgehead atoms. The Bertz CT molecular complexity index is 872. The summed E-state index contributed by atoms with van der Waals surface area (Å²) in [4.78, 5) is 4.59. The van der Waals surface area contributed by atoms with Crippen LogP contribution < -0.4 is 0 Å². The van der Waals surface area contributed by atoms with Gasteiger partial charge in [0.15, 0.2) is 0 Å². The second-order valence-corrected chi connectivity index (χ2v) is 6.86. The number of hydrogen-bond donors (Lipinski definition) is 1. The van der Waals surface area contributed by atoms with E-state index in [1.165, 1.54) is 11.1 Å². The van der Waals surface area contributed by atoms with Gasteiger partial charge < -0.3 is 5.41 Å². The third-order valence-corrected chi connectivity index (χ3v) is 4.96. The molecule has 1 aliphatic rings. The molecule has 27 heavy (non-hydrogen) atoms. The van der Waals surface area contributed by atoms with Crippen LogP contribution in [0.2, 0.25) is 0 Å². The summed E-state index contributed by atoms with van der Waals surface area (Å²) < 4.78 is 0. The molecule has 2 heteroatoms. The topological polar surface area (TPSA) is 36.2 Å². The van der Waals surface area contributed by atoms with Crippen LogP contribution in [0.25, 0.3) is 0 Å². The Morgan fingerprint density at radius 1 is 1.41 bits per heavy atom. The van der Waals surface area contributed by atoms with E-state index in [9.17, 15) is 0 Å². The molecule has 1 fully saturated rings. The van der Waals surface area contributed by atoms with E-state index in [0.717, 1.165) is 23.1 Å². The fourth-order valence-electron chi connectivity index (χ4n) is 3.28. The van der Waals surface area contributed by atoms with E-state index >= 15 is 0 Å². The zero-order valence-corrected chi connectivity index (χ0v) is 16.5. The minimum absolute atomic E-state index is 0.125. The monoisotopic (exact) mass is 356 g/mol. The van der Waals surface area contributed by atoms with Gasteiger partial charge in [-0.3, -0.25) is 4.99 Å². The minimum atomic E-state index is 0.125. The van der Waals surface area contributed by atoms with Crippen LogP contribution in [0.15, 0.2) is 76.9 Å². The fourth-order valence-corrected chi connectivity index (χ4v) is 3.28. The van der Waals surface area contributed by atoms with Crippen LogP contribution in [0.4, 0.5) is 0 Å². The predicted octanol–water partition coefficient (Wildman–Crippen LogP) is 5.77. The van der Waals surface area contributed by atoms with Gasteiger partial charge in [-0.05, 0) is 56.0 Å². The SMILES string of the molecule is C#Cc1cccc(C(=N)C2CC(=C)C2/C(=C\C=C/C)CN=C/C(C)=C\C)c1. The molecule has 138 valence electrons. The molecule has 0 heterocycles. The minimum Gasteiger partial charge on any atom is -0.304 e. The molecule has 0 radical (unpaired) electrons. The normalized spacial score (nSPS) is 20.7. The summed E-state index contributed by atoms with van der Waals surface area (Å²) in [5.41, 5.74) is 5.85. The Morgan fingerprint density at radius 2 is 2.19 bits per heavy atom. The van der Waals surface area contributed by atoms with Gasteiger partial charge in [-0.15, -0.1) is 6.42 Å². The van der Waals surface area contributed by atoms with E-state index in [2.05, 4.69) is 23.6 Å². The number of aliphatic imine (C=N–C) groups is 1. The first kappa shape index (κ1) is 20.4.